The van der Waals surface area contributed by atoms with E-state index in [0.717, 1.165) is 23.2 Å². The number of rotatable bonds is 8. The maximum absolute atomic E-state index is 12.2. The Morgan fingerprint density at radius 1 is 1.06 bits per heavy atom. The van der Waals surface area contributed by atoms with Gasteiger partial charge in [0.15, 0.2) is 4.34 Å². The van der Waals surface area contributed by atoms with Gasteiger partial charge in [-0.1, -0.05) is 71.5 Å². The number of amides is 1. The third-order valence-corrected chi connectivity index (χ3v) is 6.37. The van der Waals surface area contributed by atoms with E-state index < -0.39 is 0 Å². The lowest BCUT2D eigenvalue weighted by molar-refractivity contribution is -0.113. The highest BCUT2D eigenvalue weighted by atomic mass is 32.2. The second-order valence-corrected chi connectivity index (χ2v) is 8.78. The van der Waals surface area contributed by atoms with E-state index in [2.05, 4.69) is 57.0 Å². The topological polar surface area (TPSA) is 106 Å². The molecule has 0 spiro atoms. The van der Waals surface area contributed by atoms with Crippen LogP contribution in [0.5, 0.6) is 0 Å². The summed E-state index contributed by atoms with van der Waals surface area (Å²) >= 11 is 2.70. The molecule has 10 heteroatoms. The zero-order chi connectivity index (χ0) is 21.6. The molecule has 0 aliphatic carbocycles. The van der Waals surface area contributed by atoms with Crippen LogP contribution in [0.15, 0.2) is 57.3 Å². The Labute approximate surface area is 187 Å². The van der Waals surface area contributed by atoms with E-state index in [9.17, 15) is 4.79 Å². The molecule has 0 radical (unpaired) electrons. The van der Waals surface area contributed by atoms with Gasteiger partial charge in [-0.05, 0) is 36.6 Å². The first-order valence-electron chi connectivity index (χ1n) is 9.63. The molecule has 1 amide bonds. The molecule has 0 aliphatic heterocycles. The second kappa shape index (κ2) is 9.71. The van der Waals surface area contributed by atoms with Crippen LogP contribution in [0.1, 0.15) is 18.1 Å². The van der Waals surface area contributed by atoms with Crippen molar-refractivity contribution in [3.05, 3.63) is 59.7 Å². The number of carbonyl (C=O) groups is 1. The summed E-state index contributed by atoms with van der Waals surface area (Å²) < 4.78 is 6.19. The van der Waals surface area contributed by atoms with Gasteiger partial charge in [-0.2, -0.15) is 0 Å². The molecule has 2 N–H and O–H groups in total. The van der Waals surface area contributed by atoms with Crippen molar-refractivity contribution in [3.8, 4) is 11.5 Å². The van der Waals surface area contributed by atoms with E-state index in [1.165, 1.54) is 28.7 Å². The van der Waals surface area contributed by atoms with Crippen molar-refractivity contribution >= 4 is 45.8 Å². The highest BCUT2D eigenvalue weighted by Crippen LogP contribution is 2.30. The van der Waals surface area contributed by atoms with Crippen LogP contribution in [0, 0.1) is 6.92 Å². The lowest BCUT2D eigenvalue weighted by Gasteiger charge is -2.11. The summed E-state index contributed by atoms with van der Waals surface area (Å²) in [6.45, 7) is 4.18. The third kappa shape index (κ3) is 5.28. The highest BCUT2D eigenvalue weighted by molar-refractivity contribution is 8.01. The molecule has 0 unspecified atom stereocenters. The van der Waals surface area contributed by atoms with Gasteiger partial charge in [0.1, 0.15) is 0 Å². The van der Waals surface area contributed by atoms with Crippen molar-refractivity contribution in [3.63, 3.8) is 0 Å². The number of aryl methyl sites for hydroxylation is 2. The molecule has 2 aromatic carbocycles. The van der Waals surface area contributed by atoms with E-state index in [1.807, 2.05) is 36.4 Å². The number of nitrogens with one attached hydrogen (secondary N) is 2. The summed E-state index contributed by atoms with van der Waals surface area (Å²) in [4.78, 5) is 12.2. The predicted octanol–water partition coefficient (Wildman–Crippen LogP) is 4.93. The molecule has 8 nitrogen and oxygen atoms in total. The zero-order valence-electron chi connectivity index (χ0n) is 17.0. The Morgan fingerprint density at radius 2 is 1.90 bits per heavy atom. The van der Waals surface area contributed by atoms with Crippen molar-refractivity contribution in [1.82, 2.24) is 20.4 Å². The highest BCUT2D eigenvalue weighted by Gasteiger charge is 2.14. The van der Waals surface area contributed by atoms with E-state index in [-0.39, 0.29) is 17.7 Å². The Morgan fingerprint density at radius 3 is 2.71 bits per heavy atom. The molecule has 0 aliphatic rings. The third-order valence-electron chi connectivity index (χ3n) is 4.40. The van der Waals surface area contributed by atoms with E-state index >= 15 is 0 Å². The summed E-state index contributed by atoms with van der Waals surface area (Å²) in [7, 11) is 0. The van der Waals surface area contributed by atoms with Gasteiger partial charge in [0.25, 0.3) is 0 Å². The Bertz CT molecular complexity index is 1180. The van der Waals surface area contributed by atoms with Crippen LogP contribution in [0.4, 0.5) is 16.8 Å². The van der Waals surface area contributed by atoms with E-state index in [1.54, 1.807) is 0 Å². The molecule has 4 aromatic rings. The average molecular weight is 453 g/mol. The molecule has 0 saturated heterocycles. The Hall–Kier alpha value is -3.24. The summed E-state index contributed by atoms with van der Waals surface area (Å²) in [6, 6.07) is 15.6. The molecule has 2 heterocycles. The van der Waals surface area contributed by atoms with E-state index in [0.29, 0.717) is 15.4 Å². The minimum Gasteiger partial charge on any atom is -0.403 e. The van der Waals surface area contributed by atoms with Crippen molar-refractivity contribution in [2.24, 2.45) is 0 Å². The van der Waals surface area contributed by atoms with Gasteiger partial charge in [-0.25, -0.2) is 0 Å². The van der Waals surface area contributed by atoms with Gasteiger partial charge in [-0.3, -0.25) is 10.1 Å². The number of anilines is 3. The largest absolute Gasteiger partial charge is 0.403 e. The van der Waals surface area contributed by atoms with Gasteiger partial charge < -0.3 is 9.73 Å². The fraction of sp³-hybridized carbons (Fsp3) is 0.190. The Kier molecular flexibility index (Phi) is 6.58. The van der Waals surface area contributed by atoms with Crippen molar-refractivity contribution < 1.29 is 9.21 Å². The molecular formula is C21H20N6O2S2. The number of benzene rings is 2. The number of nitrogens with zero attached hydrogens (tertiary/aromatic N) is 4. The lowest BCUT2D eigenvalue weighted by Crippen LogP contribution is -2.14. The van der Waals surface area contributed by atoms with Crippen molar-refractivity contribution in [2.75, 3.05) is 16.4 Å². The quantitative estimate of drug-likeness (QED) is 0.362. The minimum atomic E-state index is -0.259. The van der Waals surface area contributed by atoms with E-state index in [4.69, 9.17) is 4.42 Å². The van der Waals surface area contributed by atoms with Crippen LogP contribution in [-0.2, 0) is 11.2 Å². The summed E-state index contributed by atoms with van der Waals surface area (Å²) in [6.07, 6.45) is 0.923. The molecule has 2 aromatic heterocycles. The summed E-state index contributed by atoms with van der Waals surface area (Å²) in [5.74, 6) is 0.249. The second-order valence-electron chi connectivity index (χ2n) is 6.58. The number of thioether (sulfide) groups is 1. The number of para-hydroxylation sites is 1. The fourth-order valence-corrected chi connectivity index (χ4v) is 4.44. The summed E-state index contributed by atoms with van der Waals surface area (Å²) in [5.41, 5.74) is 4.22. The first-order chi connectivity index (χ1) is 15.1. The van der Waals surface area contributed by atoms with Crippen LogP contribution < -0.4 is 10.6 Å². The number of hydrogen-bond donors (Lipinski definition) is 2. The van der Waals surface area contributed by atoms with Crippen LogP contribution in [0.25, 0.3) is 11.5 Å². The normalized spacial score (nSPS) is 10.8. The molecule has 0 fully saturated rings. The van der Waals surface area contributed by atoms with Crippen LogP contribution in [0.2, 0.25) is 0 Å². The van der Waals surface area contributed by atoms with Crippen molar-refractivity contribution in [2.45, 2.75) is 24.6 Å². The van der Waals surface area contributed by atoms with Gasteiger partial charge in [0.05, 0.1) is 5.75 Å². The zero-order valence-corrected chi connectivity index (χ0v) is 18.6. The molecule has 31 heavy (non-hydrogen) atoms. The van der Waals surface area contributed by atoms with Crippen LogP contribution in [-0.4, -0.2) is 32.1 Å². The predicted molar refractivity (Wildman–Crippen MR) is 123 cm³/mol. The average Bonchev–Trinajstić information content (AvgIpc) is 3.44. The first-order valence-corrected chi connectivity index (χ1v) is 11.4. The standard InChI is InChI=1S/C21H20N6O2S2/c1-3-14-11-7-8-13(2)17(14)23-20-26-27-21(31-20)30-12-16(28)22-19-25-24-18(29-19)15-9-5-4-6-10-15/h4-11H,3,12H2,1-2H3,(H,23,26)(H,22,25,28). The molecule has 0 atom stereocenters. The SMILES string of the molecule is CCc1cccc(C)c1Nc1nnc(SCC(=O)Nc2nnc(-c3ccccc3)o2)s1. The minimum absolute atomic E-state index is 0.0655. The fourth-order valence-electron chi connectivity index (χ4n) is 2.88. The van der Waals surface area contributed by atoms with Gasteiger partial charge in [-0.15, -0.1) is 15.3 Å². The van der Waals surface area contributed by atoms with Crippen LogP contribution >= 0.6 is 23.1 Å². The molecule has 0 saturated carbocycles. The smallest absolute Gasteiger partial charge is 0.322 e. The molecule has 4 rings (SSSR count). The van der Waals surface area contributed by atoms with Gasteiger partial charge in [0.2, 0.25) is 16.9 Å². The lowest BCUT2D eigenvalue weighted by atomic mass is 10.1. The molecule has 158 valence electrons. The van der Waals surface area contributed by atoms with Crippen molar-refractivity contribution in [1.29, 1.82) is 0 Å². The van der Waals surface area contributed by atoms with Gasteiger partial charge in [0, 0.05) is 11.3 Å². The number of carbonyl (C=O) groups excluding carboxylic acids is 1. The number of hydrogen-bond acceptors (Lipinski definition) is 9. The maximum Gasteiger partial charge on any atom is 0.322 e. The van der Waals surface area contributed by atoms with Crippen LogP contribution in [0.3, 0.4) is 0 Å². The first kappa shape index (κ1) is 21.0. The monoisotopic (exact) mass is 452 g/mol. The number of aromatic nitrogens is 4. The van der Waals surface area contributed by atoms with Gasteiger partial charge >= 0.3 is 6.01 Å². The molecule has 0 bridgehead atoms. The summed E-state index contributed by atoms with van der Waals surface area (Å²) in [5, 5.41) is 22.8. The molecular weight excluding hydrogens is 432 g/mol. The Balaban J connectivity index is 1.32. The maximum atomic E-state index is 12.2.